The average molecular weight is 620 g/mol. The number of halogens is 2. The van der Waals surface area contributed by atoms with Gasteiger partial charge in [-0.2, -0.15) is 0 Å². The van der Waals surface area contributed by atoms with Crippen LogP contribution in [0.3, 0.4) is 0 Å². The molecule has 0 aliphatic rings. The molecule has 3 aromatic rings. The molecule has 3 aromatic carbocycles. The quantitative estimate of drug-likeness (QED) is 0.274. The van der Waals surface area contributed by atoms with E-state index in [1.54, 1.807) is 84.4 Å². The molecular formula is C29H32BrClN2O6. The summed E-state index contributed by atoms with van der Waals surface area (Å²) in [4.78, 5) is 28.6. The zero-order chi connectivity index (χ0) is 28.9. The minimum absolute atomic E-state index is 0.0285. The van der Waals surface area contributed by atoms with Crippen LogP contribution in [0.4, 0.5) is 21.0 Å². The third kappa shape index (κ3) is 7.58. The Morgan fingerprint density at radius 3 is 1.77 bits per heavy atom. The molecule has 0 bridgehead atoms. The van der Waals surface area contributed by atoms with Crippen molar-refractivity contribution in [3.8, 4) is 11.5 Å². The summed E-state index contributed by atoms with van der Waals surface area (Å²) >= 11 is 10.2. The minimum atomic E-state index is -1.20. The Hall–Kier alpha value is -3.43. The first-order valence-electron chi connectivity index (χ1n) is 12.1. The van der Waals surface area contributed by atoms with E-state index in [9.17, 15) is 14.7 Å². The van der Waals surface area contributed by atoms with Crippen LogP contribution in [0.2, 0.25) is 5.02 Å². The number of carbonyl (C=O) groups is 2. The number of anilines is 2. The lowest BCUT2D eigenvalue weighted by atomic mass is 10.1. The van der Waals surface area contributed by atoms with Crippen molar-refractivity contribution in [2.75, 3.05) is 24.0 Å². The smallest absolute Gasteiger partial charge is 0.415 e. The number of carboxylic acid groups (broad SMARTS) is 1. The van der Waals surface area contributed by atoms with Gasteiger partial charge in [0, 0.05) is 4.47 Å². The SMILES string of the molecule is COc1ccc(CN(C(=O)OC(C)(C)C)c2cc(Br)c(Cl)c(N(Cc3ccc(OC)cc3)C(=O)O)c2C)cc1. The summed E-state index contributed by atoms with van der Waals surface area (Å²) < 4.78 is 16.6. The van der Waals surface area contributed by atoms with Gasteiger partial charge in [0.25, 0.3) is 0 Å². The lowest BCUT2D eigenvalue weighted by molar-refractivity contribution is 0.0577. The first-order valence-corrected chi connectivity index (χ1v) is 13.3. The second-order valence-corrected chi connectivity index (χ2v) is 11.0. The van der Waals surface area contributed by atoms with Crippen LogP contribution in [0.5, 0.6) is 11.5 Å². The van der Waals surface area contributed by atoms with Crippen molar-refractivity contribution >= 4 is 51.1 Å². The molecule has 0 heterocycles. The molecule has 0 aliphatic heterocycles. The maximum Gasteiger partial charge on any atom is 0.415 e. The second-order valence-electron chi connectivity index (χ2n) is 9.80. The number of hydrogen-bond donors (Lipinski definition) is 1. The molecule has 0 saturated heterocycles. The van der Waals surface area contributed by atoms with Crippen LogP contribution < -0.4 is 19.3 Å². The highest BCUT2D eigenvalue weighted by atomic mass is 79.9. The van der Waals surface area contributed by atoms with E-state index in [1.165, 1.54) is 4.90 Å². The predicted molar refractivity (Wildman–Crippen MR) is 157 cm³/mol. The van der Waals surface area contributed by atoms with Crippen LogP contribution >= 0.6 is 27.5 Å². The number of rotatable bonds is 8. The fraction of sp³-hybridized carbons (Fsp3) is 0.310. The fourth-order valence-corrected chi connectivity index (χ4v) is 4.63. The molecule has 8 nitrogen and oxygen atoms in total. The maximum absolute atomic E-state index is 13.5. The summed E-state index contributed by atoms with van der Waals surface area (Å²) in [6.07, 6.45) is -1.78. The Labute approximate surface area is 242 Å². The Bertz CT molecular complexity index is 1320. The van der Waals surface area contributed by atoms with Gasteiger partial charge in [-0.3, -0.25) is 9.80 Å². The summed E-state index contributed by atoms with van der Waals surface area (Å²) in [6, 6.07) is 16.1. The highest BCUT2D eigenvalue weighted by molar-refractivity contribution is 9.10. The monoisotopic (exact) mass is 618 g/mol. The molecule has 0 aliphatic carbocycles. The summed E-state index contributed by atoms with van der Waals surface area (Å²) in [5.41, 5.74) is 2.01. The van der Waals surface area contributed by atoms with Crippen LogP contribution in [0, 0.1) is 6.92 Å². The van der Waals surface area contributed by atoms with Gasteiger partial charge in [0.2, 0.25) is 0 Å². The van der Waals surface area contributed by atoms with E-state index in [-0.39, 0.29) is 23.8 Å². The highest BCUT2D eigenvalue weighted by Gasteiger charge is 2.30. The molecular weight excluding hydrogens is 588 g/mol. The molecule has 39 heavy (non-hydrogen) atoms. The first kappa shape index (κ1) is 30.1. The van der Waals surface area contributed by atoms with Gasteiger partial charge in [-0.15, -0.1) is 0 Å². The van der Waals surface area contributed by atoms with Gasteiger partial charge in [0.1, 0.15) is 17.1 Å². The predicted octanol–water partition coefficient (Wildman–Crippen LogP) is 8.05. The number of amides is 2. The van der Waals surface area contributed by atoms with Crippen molar-refractivity contribution in [3.05, 3.63) is 80.8 Å². The first-order chi connectivity index (χ1) is 18.3. The molecule has 0 unspecified atom stereocenters. The van der Waals surface area contributed by atoms with Gasteiger partial charge < -0.3 is 19.3 Å². The highest BCUT2D eigenvalue weighted by Crippen LogP contribution is 2.43. The third-order valence-corrected chi connectivity index (χ3v) is 7.06. The molecule has 0 radical (unpaired) electrons. The Kier molecular flexibility index (Phi) is 9.74. The number of benzene rings is 3. The van der Waals surface area contributed by atoms with Gasteiger partial charge in [-0.1, -0.05) is 35.9 Å². The van der Waals surface area contributed by atoms with Crippen LogP contribution in [-0.4, -0.2) is 37.1 Å². The number of ether oxygens (including phenoxy) is 3. The molecule has 0 aromatic heterocycles. The third-order valence-electron chi connectivity index (χ3n) is 5.83. The second kappa shape index (κ2) is 12.6. The number of hydrogen-bond acceptors (Lipinski definition) is 5. The largest absolute Gasteiger partial charge is 0.497 e. The van der Waals surface area contributed by atoms with Gasteiger partial charge in [-0.25, -0.2) is 9.59 Å². The molecule has 0 atom stereocenters. The molecule has 2 amide bonds. The van der Waals surface area contributed by atoms with Crippen LogP contribution in [-0.2, 0) is 17.8 Å². The molecule has 1 N–H and O–H groups in total. The van der Waals surface area contributed by atoms with Crippen LogP contribution in [0.25, 0.3) is 0 Å². The van der Waals surface area contributed by atoms with Gasteiger partial charge in [0.15, 0.2) is 0 Å². The number of nitrogens with zero attached hydrogens (tertiary/aromatic N) is 2. The van der Waals surface area contributed by atoms with Crippen LogP contribution in [0.1, 0.15) is 37.5 Å². The molecule has 0 spiro atoms. The van der Waals surface area contributed by atoms with E-state index < -0.39 is 17.8 Å². The summed E-state index contributed by atoms with van der Waals surface area (Å²) in [5, 5.41) is 10.4. The zero-order valence-electron chi connectivity index (χ0n) is 22.7. The van der Waals surface area contributed by atoms with Gasteiger partial charge in [-0.05, 0) is 90.6 Å². The lowest BCUT2D eigenvalue weighted by Gasteiger charge is -2.31. The zero-order valence-corrected chi connectivity index (χ0v) is 25.1. The summed E-state index contributed by atoms with van der Waals surface area (Å²) in [6.45, 7) is 7.28. The number of carbonyl (C=O) groups excluding carboxylic acids is 1. The molecule has 0 saturated carbocycles. The summed E-state index contributed by atoms with van der Waals surface area (Å²) in [7, 11) is 3.14. The Balaban J connectivity index is 2.12. The Morgan fingerprint density at radius 2 is 1.36 bits per heavy atom. The topological polar surface area (TPSA) is 88.5 Å². The lowest BCUT2D eigenvalue weighted by Crippen LogP contribution is -2.37. The average Bonchev–Trinajstić information content (AvgIpc) is 2.88. The van der Waals surface area contributed by atoms with Crippen molar-refractivity contribution in [2.24, 2.45) is 0 Å². The maximum atomic E-state index is 13.5. The van der Waals surface area contributed by atoms with E-state index in [0.29, 0.717) is 27.2 Å². The van der Waals surface area contributed by atoms with E-state index >= 15 is 0 Å². The van der Waals surface area contributed by atoms with Crippen molar-refractivity contribution in [3.63, 3.8) is 0 Å². The van der Waals surface area contributed by atoms with Crippen LogP contribution in [0.15, 0.2) is 59.1 Å². The summed E-state index contributed by atoms with van der Waals surface area (Å²) in [5.74, 6) is 1.34. The van der Waals surface area contributed by atoms with Crippen molar-refractivity contribution in [1.29, 1.82) is 0 Å². The standard InChI is InChI=1S/C29H32BrClN2O6/c1-18-24(32(28(36)39-29(2,3)4)16-19-7-11-21(37-5)12-8-19)15-23(30)25(31)26(18)33(27(34)35)17-20-9-13-22(38-6)14-10-20/h7-15H,16-17H2,1-6H3,(H,34,35). The molecule has 10 heteroatoms. The molecule has 0 fully saturated rings. The van der Waals surface area contributed by atoms with Crippen molar-refractivity contribution in [2.45, 2.75) is 46.4 Å². The van der Waals surface area contributed by atoms with E-state index in [4.69, 9.17) is 25.8 Å². The fourth-order valence-electron chi connectivity index (χ4n) is 3.93. The van der Waals surface area contributed by atoms with E-state index in [1.807, 2.05) is 12.1 Å². The molecule has 3 rings (SSSR count). The van der Waals surface area contributed by atoms with Crippen molar-refractivity contribution < 1.29 is 28.9 Å². The van der Waals surface area contributed by atoms with Crippen molar-refractivity contribution in [1.82, 2.24) is 0 Å². The number of methoxy groups -OCH3 is 2. The minimum Gasteiger partial charge on any atom is -0.497 e. The van der Waals surface area contributed by atoms with E-state index in [2.05, 4.69) is 15.9 Å². The Morgan fingerprint density at radius 1 is 0.897 bits per heavy atom. The van der Waals surface area contributed by atoms with E-state index in [0.717, 1.165) is 16.0 Å². The van der Waals surface area contributed by atoms with Gasteiger partial charge in [0.05, 0.1) is 43.7 Å². The van der Waals surface area contributed by atoms with Gasteiger partial charge >= 0.3 is 12.2 Å². The normalized spacial score (nSPS) is 11.1. The molecule has 208 valence electrons.